The fourth-order valence-corrected chi connectivity index (χ4v) is 1.51. The van der Waals surface area contributed by atoms with Gasteiger partial charge in [-0.1, -0.05) is 18.1 Å². The topological polar surface area (TPSA) is 12.0 Å². The van der Waals surface area contributed by atoms with Crippen molar-refractivity contribution in [2.75, 3.05) is 12.4 Å². The van der Waals surface area contributed by atoms with Crippen LogP contribution >= 0.6 is 0 Å². The van der Waals surface area contributed by atoms with Gasteiger partial charge in [0, 0.05) is 18.3 Å². The lowest BCUT2D eigenvalue weighted by Crippen LogP contribution is -1.96. The molecular formula is C14H17N. The Labute approximate surface area is 92.2 Å². The highest BCUT2D eigenvalue weighted by Gasteiger charge is 2.00. The van der Waals surface area contributed by atoms with Crippen LogP contribution in [0.3, 0.4) is 0 Å². The van der Waals surface area contributed by atoms with Crippen LogP contribution in [0.25, 0.3) is 0 Å². The predicted molar refractivity (Wildman–Crippen MR) is 67.1 cm³/mol. The molecule has 0 amide bonds. The van der Waals surface area contributed by atoms with Gasteiger partial charge in [0.15, 0.2) is 0 Å². The number of nitrogens with one attached hydrogen (secondary N) is 1. The van der Waals surface area contributed by atoms with E-state index in [1.165, 1.54) is 5.56 Å². The maximum absolute atomic E-state index is 3.74. The summed E-state index contributed by atoms with van der Waals surface area (Å²) in [6, 6.07) is 6.29. The van der Waals surface area contributed by atoms with E-state index in [0.717, 1.165) is 24.1 Å². The molecule has 0 saturated heterocycles. The van der Waals surface area contributed by atoms with Gasteiger partial charge in [-0.15, -0.1) is 12.5 Å². The second kappa shape index (κ2) is 5.93. The summed E-state index contributed by atoms with van der Waals surface area (Å²) in [6.45, 7) is 5.59. The lowest BCUT2D eigenvalue weighted by atomic mass is 10.0. The molecule has 0 bridgehead atoms. The third-order valence-corrected chi connectivity index (χ3v) is 2.27. The summed E-state index contributed by atoms with van der Waals surface area (Å²) in [5.74, 6) is 5.96. The smallest absolute Gasteiger partial charge is 0.0382 e. The van der Waals surface area contributed by atoms with E-state index in [4.69, 9.17) is 0 Å². The third kappa shape index (κ3) is 3.18. The molecule has 0 aliphatic rings. The van der Waals surface area contributed by atoms with Crippen LogP contribution in [0.15, 0.2) is 30.9 Å². The largest absolute Gasteiger partial charge is 0.388 e. The maximum atomic E-state index is 3.74. The Hall–Kier alpha value is -1.68. The molecule has 0 fully saturated rings. The molecule has 0 aliphatic carbocycles. The molecule has 0 heterocycles. The van der Waals surface area contributed by atoms with Crippen LogP contribution in [-0.4, -0.2) is 7.05 Å². The summed E-state index contributed by atoms with van der Waals surface area (Å²) in [5, 5.41) is 3.20. The minimum Gasteiger partial charge on any atom is -0.388 e. The fraction of sp³-hybridized carbons (Fsp3) is 0.286. The second-order valence-corrected chi connectivity index (χ2v) is 3.32. The highest BCUT2D eigenvalue weighted by molar-refractivity contribution is 5.56. The zero-order valence-corrected chi connectivity index (χ0v) is 9.43. The second-order valence-electron chi connectivity index (χ2n) is 3.32. The maximum Gasteiger partial charge on any atom is 0.0382 e. The summed E-state index contributed by atoms with van der Waals surface area (Å²) in [7, 11) is 1.94. The SMILES string of the molecule is C=CCCc1ccc(C#CC)cc1NC. The number of hydrogen-bond donors (Lipinski definition) is 1. The van der Waals surface area contributed by atoms with Gasteiger partial charge in [-0.3, -0.25) is 0 Å². The predicted octanol–water partition coefficient (Wildman–Crippen LogP) is 3.22. The van der Waals surface area contributed by atoms with Gasteiger partial charge in [0.1, 0.15) is 0 Å². The van der Waals surface area contributed by atoms with Crippen molar-refractivity contribution >= 4 is 5.69 Å². The van der Waals surface area contributed by atoms with Crippen molar-refractivity contribution in [3.8, 4) is 11.8 Å². The minimum absolute atomic E-state index is 1.01. The number of aryl methyl sites for hydroxylation is 1. The number of benzene rings is 1. The van der Waals surface area contributed by atoms with E-state index < -0.39 is 0 Å². The highest BCUT2D eigenvalue weighted by Crippen LogP contribution is 2.18. The number of rotatable bonds is 4. The molecule has 0 atom stereocenters. The van der Waals surface area contributed by atoms with Crippen LogP contribution < -0.4 is 5.32 Å². The van der Waals surface area contributed by atoms with Gasteiger partial charge in [-0.2, -0.15) is 0 Å². The molecule has 78 valence electrons. The van der Waals surface area contributed by atoms with Gasteiger partial charge in [0.05, 0.1) is 0 Å². The molecule has 15 heavy (non-hydrogen) atoms. The summed E-state index contributed by atoms with van der Waals surface area (Å²) >= 11 is 0. The van der Waals surface area contributed by atoms with Crippen LogP contribution in [0, 0.1) is 11.8 Å². The molecule has 0 unspecified atom stereocenters. The van der Waals surface area contributed by atoms with Gasteiger partial charge in [0.2, 0.25) is 0 Å². The standard InChI is InChI=1S/C14H17N/c1-4-6-8-13-10-9-12(7-5-2)11-14(13)15-3/h4,9-11,15H,1,6,8H2,2-3H3. The normalized spacial score (nSPS) is 8.93. The van der Waals surface area contributed by atoms with E-state index in [0.29, 0.717) is 0 Å². The summed E-state index contributed by atoms with van der Waals surface area (Å²) in [6.07, 6.45) is 3.98. The first kappa shape index (κ1) is 11.4. The molecule has 0 aliphatic heterocycles. The van der Waals surface area contributed by atoms with Crippen molar-refractivity contribution in [1.82, 2.24) is 0 Å². The Balaban J connectivity index is 2.95. The monoisotopic (exact) mass is 199 g/mol. The molecule has 1 heteroatoms. The van der Waals surface area contributed by atoms with Gasteiger partial charge < -0.3 is 5.32 Å². The molecule has 1 N–H and O–H groups in total. The van der Waals surface area contributed by atoms with Gasteiger partial charge in [0.25, 0.3) is 0 Å². The molecule has 0 radical (unpaired) electrons. The highest BCUT2D eigenvalue weighted by atomic mass is 14.8. The Bertz CT molecular complexity index is 394. The minimum atomic E-state index is 1.01. The first-order chi connectivity index (χ1) is 7.31. The first-order valence-corrected chi connectivity index (χ1v) is 5.16. The number of allylic oxidation sites excluding steroid dienone is 1. The molecule has 0 spiro atoms. The lowest BCUT2D eigenvalue weighted by Gasteiger charge is -2.08. The Morgan fingerprint density at radius 3 is 2.87 bits per heavy atom. The van der Waals surface area contributed by atoms with Crippen LogP contribution in [0.1, 0.15) is 24.5 Å². The van der Waals surface area contributed by atoms with Gasteiger partial charge in [-0.25, -0.2) is 0 Å². The molecule has 1 aromatic rings. The average Bonchev–Trinajstić information content (AvgIpc) is 2.27. The Morgan fingerprint density at radius 2 is 2.27 bits per heavy atom. The molecule has 1 nitrogen and oxygen atoms in total. The van der Waals surface area contributed by atoms with Crippen molar-refractivity contribution in [2.24, 2.45) is 0 Å². The van der Waals surface area contributed by atoms with E-state index >= 15 is 0 Å². The number of anilines is 1. The van der Waals surface area contributed by atoms with E-state index in [-0.39, 0.29) is 0 Å². The van der Waals surface area contributed by atoms with E-state index in [1.807, 2.05) is 20.0 Å². The van der Waals surface area contributed by atoms with Crippen molar-refractivity contribution in [2.45, 2.75) is 19.8 Å². The molecule has 0 aromatic heterocycles. The summed E-state index contributed by atoms with van der Waals surface area (Å²) in [4.78, 5) is 0. The molecule has 1 rings (SSSR count). The van der Waals surface area contributed by atoms with Crippen LogP contribution in [0.4, 0.5) is 5.69 Å². The molecule has 0 saturated carbocycles. The zero-order valence-electron chi connectivity index (χ0n) is 9.43. The first-order valence-electron chi connectivity index (χ1n) is 5.16. The van der Waals surface area contributed by atoms with Crippen LogP contribution in [0.5, 0.6) is 0 Å². The van der Waals surface area contributed by atoms with Crippen molar-refractivity contribution in [1.29, 1.82) is 0 Å². The van der Waals surface area contributed by atoms with Gasteiger partial charge in [-0.05, 0) is 37.5 Å². The van der Waals surface area contributed by atoms with Crippen molar-refractivity contribution in [3.05, 3.63) is 42.0 Å². The van der Waals surface area contributed by atoms with Crippen molar-refractivity contribution < 1.29 is 0 Å². The Morgan fingerprint density at radius 1 is 1.47 bits per heavy atom. The summed E-state index contributed by atoms with van der Waals surface area (Å²) in [5.41, 5.74) is 3.54. The van der Waals surface area contributed by atoms with Gasteiger partial charge >= 0.3 is 0 Å². The molecule has 1 aromatic carbocycles. The third-order valence-electron chi connectivity index (χ3n) is 2.27. The van der Waals surface area contributed by atoms with Crippen LogP contribution in [0.2, 0.25) is 0 Å². The summed E-state index contributed by atoms with van der Waals surface area (Å²) < 4.78 is 0. The number of hydrogen-bond acceptors (Lipinski definition) is 1. The van der Waals surface area contributed by atoms with E-state index in [2.05, 4.69) is 41.9 Å². The fourth-order valence-electron chi connectivity index (χ4n) is 1.51. The zero-order chi connectivity index (χ0) is 11.1. The van der Waals surface area contributed by atoms with E-state index in [1.54, 1.807) is 0 Å². The average molecular weight is 199 g/mol. The lowest BCUT2D eigenvalue weighted by molar-refractivity contribution is 1.00. The molecular weight excluding hydrogens is 182 g/mol. The van der Waals surface area contributed by atoms with Crippen molar-refractivity contribution in [3.63, 3.8) is 0 Å². The van der Waals surface area contributed by atoms with E-state index in [9.17, 15) is 0 Å². The quantitative estimate of drug-likeness (QED) is 0.580. The Kier molecular flexibility index (Phi) is 4.50. The van der Waals surface area contributed by atoms with Crippen LogP contribution in [-0.2, 0) is 6.42 Å².